The van der Waals surface area contributed by atoms with Crippen molar-refractivity contribution < 1.29 is 14.6 Å². The van der Waals surface area contributed by atoms with Gasteiger partial charge >= 0.3 is 11.7 Å². The lowest BCUT2D eigenvalue weighted by Crippen LogP contribution is -2.41. The van der Waals surface area contributed by atoms with Crippen LogP contribution in [-0.2, 0) is 24.9 Å². The predicted molar refractivity (Wildman–Crippen MR) is 117 cm³/mol. The number of aliphatic carboxylic acids is 1. The van der Waals surface area contributed by atoms with Crippen LogP contribution in [0.25, 0.3) is 11.2 Å². The van der Waals surface area contributed by atoms with Crippen molar-refractivity contribution in [1.29, 1.82) is 0 Å². The van der Waals surface area contributed by atoms with Crippen LogP contribution in [0.1, 0.15) is 0 Å². The Morgan fingerprint density at radius 1 is 1.03 bits per heavy atom. The Hall–Kier alpha value is -4.34. The summed E-state index contributed by atoms with van der Waals surface area (Å²) in [5, 5.41) is 9.08. The van der Waals surface area contributed by atoms with Crippen LogP contribution in [0.5, 0.6) is 11.5 Å². The Balaban J connectivity index is 1.53. The third kappa shape index (κ3) is 3.13. The molecular formula is C22H19N5O5. The number of nitrogens with zero attached hydrogens (tertiary/aromatic N) is 5. The minimum atomic E-state index is -1.26. The van der Waals surface area contributed by atoms with Gasteiger partial charge in [0.1, 0.15) is 18.0 Å². The summed E-state index contributed by atoms with van der Waals surface area (Å²) in [6.45, 7) is 0.363. The van der Waals surface area contributed by atoms with E-state index in [1.54, 1.807) is 4.57 Å². The highest BCUT2D eigenvalue weighted by Gasteiger charge is 2.29. The average molecular weight is 433 g/mol. The van der Waals surface area contributed by atoms with Crippen molar-refractivity contribution in [1.82, 2.24) is 18.7 Å². The molecular weight excluding hydrogens is 414 g/mol. The molecule has 0 bridgehead atoms. The minimum Gasteiger partial charge on any atom is -0.480 e. The number of hydrogen-bond acceptors (Lipinski definition) is 6. The molecule has 0 unspecified atom stereocenters. The molecule has 0 aliphatic carbocycles. The van der Waals surface area contributed by atoms with Gasteiger partial charge in [0.25, 0.3) is 5.56 Å². The van der Waals surface area contributed by atoms with Crippen molar-refractivity contribution in [2.45, 2.75) is 13.1 Å². The van der Waals surface area contributed by atoms with E-state index < -0.39 is 23.8 Å². The summed E-state index contributed by atoms with van der Waals surface area (Å²) in [5.74, 6) is 0.689. The Morgan fingerprint density at radius 3 is 2.41 bits per heavy atom. The van der Waals surface area contributed by atoms with Gasteiger partial charge in [-0.05, 0) is 36.4 Å². The number of hydrogen-bond donors (Lipinski definition) is 1. The lowest BCUT2D eigenvalue weighted by Gasteiger charge is -2.16. The second-order valence-electron chi connectivity index (χ2n) is 7.42. The van der Waals surface area contributed by atoms with Crippen LogP contribution in [0, 0.1) is 0 Å². The molecule has 0 spiro atoms. The maximum Gasteiger partial charge on any atom is 0.333 e. The fourth-order valence-electron chi connectivity index (χ4n) is 3.92. The zero-order chi connectivity index (χ0) is 22.4. The van der Waals surface area contributed by atoms with E-state index >= 15 is 0 Å². The lowest BCUT2D eigenvalue weighted by atomic mass is 10.2. The summed E-state index contributed by atoms with van der Waals surface area (Å²) in [7, 11) is 1.48. The third-order valence-electron chi connectivity index (χ3n) is 5.42. The van der Waals surface area contributed by atoms with Gasteiger partial charge in [0.05, 0.1) is 0 Å². The van der Waals surface area contributed by atoms with E-state index in [0.717, 1.165) is 16.0 Å². The first kappa shape index (κ1) is 19.6. The highest BCUT2D eigenvalue weighted by Crippen LogP contribution is 2.33. The second kappa shape index (κ2) is 7.41. The number of carboxylic acids is 1. The van der Waals surface area contributed by atoms with Gasteiger partial charge in [0, 0.05) is 25.8 Å². The summed E-state index contributed by atoms with van der Waals surface area (Å²) < 4.78 is 9.49. The van der Waals surface area contributed by atoms with Crippen molar-refractivity contribution in [2.75, 3.05) is 11.4 Å². The van der Waals surface area contributed by atoms with Gasteiger partial charge in [-0.3, -0.25) is 14.2 Å². The first-order valence-electron chi connectivity index (χ1n) is 9.96. The number of para-hydroxylation sites is 1. The molecule has 5 rings (SSSR count). The summed E-state index contributed by atoms with van der Waals surface area (Å²) in [6.07, 6.45) is 0. The predicted octanol–water partition coefficient (Wildman–Crippen LogP) is 1.93. The smallest absolute Gasteiger partial charge is 0.333 e. The van der Waals surface area contributed by atoms with Crippen LogP contribution in [-0.4, -0.2) is 36.3 Å². The molecule has 1 aliphatic rings. The van der Waals surface area contributed by atoms with Gasteiger partial charge in [0.2, 0.25) is 5.95 Å². The van der Waals surface area contributed by atoms with E-state index in [1.165, 1.54) is 11.6 Å². The van der Waals surface area contributed by atoms with E-state index in [9.17, 15) is 14.4 Å². The molecule has 0 radical (unpaired) electrons. The molecule has 0 atom stereocenters. The molecule has 10 nitrogen and oxygen atoms in total. The summed E-state index contributed by atoms with van der Waals surface area (Å²) >= 11 is 0. The van der Waals surface area contributed by atoms with Crippen LogP contribution in [0.3, 0.4) is 0 Å². The Morgan fingerprint density at radius 2 is 1.72 bits per heavy atom. The minimum absolute atomic E-state index is 0.217. The van der Waals surface area contributed by atoms with Gasteiger partial charge in [-0.25, -0.2) is 9.36 Å². The number of carbonyl (C=O) groups is 1. The van der Waals surface area contributed by atoms with Crippen molar-refractivity contribution >= 4 is 28.8 Å². The molecule has 32 heavy (non-hydrogen) atoms. The molecule has 4 aromatic rings. The Labute approximate surface area is 181 Å². The zero-order valence-electron chi connectivity index (χ0n) is 17.1. The summed E-state index contributed by atoms with van der Waals surface area (Å²) in [6, 6.07) is 17.0. The molecule has 2 aromatic carbocycles. The highest BCUT2D eigenvalue weighted by molar-refractivity contribution is 5.78. The molecule has 10 heteroatoms. The van der Waals surface area contributed by atoms with Crippen molar-refractivity contribution in [3.63, 3.8) is 0 Å². The number of ether oxygens (including phenoxy) is 1. The van der Waals surface area contributed by atoms with Crippen LogP contribution in [0.4, 0.5) is 11.6 Å². The second-order valence-corrected chi connectivity index (χ2v) is 7.42. The number of imidazole rings is 1. The van der Waals surface area contributed by atoms with Gasteiger partial charge in [-0.1, -0.05) is 18.2 Å². The zero-order valence-corrected chi connectivity index (χ0v) is 17.1. The number of aryl methyl sites for hydroxylation is 1. The van der Waals surface area contributed by atoms with Crippen LogP contribution in [0.15, 0.2) is 64.2 Å². The van der Waals surface area contributed by atoms with E-state index in [4.69, 9.17) is 9.84 Å². The quantitative estimate of drug-likeness (QED) is 0.512. The Bertz CT molecular complexity index is 1450. The maximum atomic E-state index is 12.9. The fraction of sp³-hybridized carbons (Fsp3) is 0.182. The van der Waals surface area contributed by atoms with Gasteiger partial charge in [0.15, 0.2) is 11.2 Å². The number of benzene rings is 2. The van der Waals surface area contributed by atoms with E-state index in [1.807, 2.05) is 59.5 Å². The summed E-state index contributed by atoms with van der Waals surface area (Å²) in [4.78, 5) is 43.0. The largest absolute Gasteiger partial charge is 0.480 e. The van der Waals surface area contributed by atoms with E-state index in [2.05, 4.69) is 4.98 Å². The highest BCUT2D eigenvalue weighted by atomic mass is 16.5. The normalized spacial score (nSPS) is 12.8. The van der Waals surface area contributed by atoms with Crippen LogP contribution in [0.2, 0.25) is 0 Å². The fourth-order valence-corrected chi connectivity index (χ4v) is 3.92. The number of carboxylic acid groups (broad SMARTS) is 1. The van der Waals surface area contributed by atoms with Gasteiger partial charge < -0.3 is 19.3 Å². The summed E-state index contributed by atoms with van der Waals surface area (Å²) in [5.41, 5.74) is -0.0658. The standard InChI is InChI=1S/C22H19N5O5/c1-24-19-18(20(30)27(22(24)31)13-17(28)29)26-12-11-25(21(26)23-19)14-7-9-16(10-8-14)32-15-5-3-2-4-6-15/h2-10H,11-13H2,1H3,(H,28,29). The topological polar surface area (TPSA) is 112 Å². The molecule has 2 aromatic heterocycles. The third-order valence-corrected chi connectivity index (χ3v) is 5.42. The van der Waals surface area contributed by atoms with E-state index in [-0.39, 0.29) is 11.2 Å². The lowest BCUT2D eigenvalue weighted by molar-refractivity contribution is -0.137. The molecule has 1 aliphatic heterocycles. The molecule has 0 amide bonds. The van der Waals surface area contributed by atoms with Crippen molar-refractivity contribution in [3.8, 4) is 11.5 Å². The Kier molecular flexibility index (Phi) is 4.54. The molecule has 0 fully saturated rings. The van der Waals surface area contributed by atoms with Gasteiger partial charge in [-0.15, -0.1) is 0 Å². The van der Waals surface area contributed by atoms with Crippen LogP contribution >= 0.6 is 0 Å². The van der Waals surface area contributed by atoms with E-state index in [0.29, 0.717) is 24.8 Å². The molecule has 1 N–H and O–H groups in total. The number of rotatable bonds is 5. The number of fused-ring (bicyclic) bond motifs is 3. The SMILES string of the molecule is Cn1c(=O)n(CC(=O)O)c(=O)c2c1nc1n2CCN1c1ccc(Oc2ccccc2)cc1. The van der Waals surface area contributed by atoms with Gasteiger partial charge in [-0.2, -0.15) is 4.98 Å². The molecule has 0 saturated heterocycles. The maximum absolute atomic E-state index is 12.9. The first-order valence-corrected chi connectivity index (χ1v) is 9.96. The average Bonchev–Trinajstić information content (AvgIpc) is 3.36. The first-order chi connectivity index (χ1) is 15.4. The molecule has 3 heterocycles. The number of anilines is 2. The monoisotopic (exact) mass is 433 g/mol. The van der Waals surface area contributed by atoms with Crippen molar-refractivity contribution in [3.05, 3.63) is 75.4 Å². The molecule has 0 saturated carbocycles. The molecule has 162 valence electrons. The van der Waals surface area contributed by atoms with Crippen molar-refractivity contribution in [2.24, 2.45) is 7.05 Å². The number of aromatic nitrogens is 4. The van der Waals surface area contributed by atoms with Crippen LogP contribution < -0.4 is 20.9 Å².